The van der Waals surface area contributed by atoms with Gasteiger partial charge in [-0.3, -0.25) is 4.79 Å². The molecule has 0 unspecified atom stereocenters. The summed E-state index contributed by atoms with van der Waals surface area (Å²) in [6.07, 6.45) is 4.69. The van der Waals surface area contributed by atoms with E-state index >= 15 is 0 Å². The predicted molar refractivity (Wildman–Crippen MR) is 78.1 cm³/mol. The zero-order valence-electron chi connectivity index (χ0n) is 12.5. The van der Waals surface area contributed by atoms with Crippen LogP contribution in [0.3, 0.4) is 0 Å². The van der Waals surface area contributed by atoms with Gasteiger partial charge < -0.3 is 15.1 Å². The van der Waals surface area contributed by atoms with E-state index < -0.39 is 0 Å². The lowest BCUT2D eigenvalue weighted by Gasteiger charge is -2.41. The van der Waals surface area contributed by atoms with E-state index in [1.165, 1.54) is 32.5 Å². The highest BCUT2D eigenvalue weighted by atomic mass is 16.1. The Morgan fingerprint density at radius 1 is 1.05 bits per heavy atom. The molecule has 0 saturated carbocycles. The molecule has 1 amide bonds. The first kappa shape index (κ1) is 14.8. The van der Waals surface area contributed by atoms with Crippen LogP contribution in [-0.2, 0) is 4.79 Å². The molecule has 0 aromatic heterocycles. The second kappa shape index (κ2) is 7.25. The minimum atomic E-state index is 0.256. The molecular weight excluding hydrogens is 238 g/mol. The fraction of sp³-hybridized carbons (Fsp3) is 0.933. The maximum Gasteiger partial charge on any atom is 0.223 e. The molecule has 0 atom stereocenters. The van der Waals surface area contributed by atoms with Crippen LogP contribution in [0.4, 0.5) is 0 Å². The fourth-order valence-corrected chi connectivity index (χ4v) is 3.45. The van der Waals surface area contributed by atoms with Gasteiger partial charge in [-0.2, -0.15) is 0 Å². The Morgan fingerprint density at radius 2 is 1.68 bits per heavy atom. The number of rotatable bonds is 4. The van der Waals surface area contributed by atoms with E-state index in [4.69, 9.17) is 0 Å². The Balaban J connectivity index is 1.73. The van der Waals surface area contributed by atoms with Crippen molar-refractivity contribution in [2.75, 3.05) is 39.3 Å². The van der Waals surface area contributed by atoms with Crippen LogP contribution in [0.1, 0.15) is 39.5 Å². The van der Waals surface area contributed by atoms with Crippen LogP contribution in [0, 0.1) is 5.92 Å². The summed E-state index contributed by atoms with van der Waals surface area (Å²) in [5, 5.41) is 2.96. The Labute approximate surface area is 117 Å². The van der Waals surface area contributed by atoms with Crippen LogP contribution in [0.5, 0.6) is 0 Å². The van der Waals surface area contributed by atoms with Gasteiger partial charge in [0.05, 0.1) is 0 Å². The summed E-state index contributed by atoms with van der Waals surface area (Å²) in [4.78, 5) is 17.0. The first-order valence-corrected chi connectivity index (χ1v) is 7.98. The summed E-state index contributed by atoms with van der Waals surface area (Å²) in [7, 11) is 0. The Hall–Kier alpha value is -0.610. The molecule has 2 saturated heterocycles. The Kier molecular flexibility index (Phi) is 5.64. The lowest BCUT2D eigenvalue weighted by molar-refractivity contribution is -0.126. The molecule has 4 heteroatoms. The van der Waals surface area contributed by atoms with Gasteiger partial charge >= 0.3 is 0 Å². The van der Waals surface area contributed by atoms with Crippen molar-refractivity contribution in [1.82, 2.24) is 15.1 Å². The van der Waals surface area contributed by atoms with E-state index in [0.29, 0.717) is 0 Å². The van der Waals surface area contributed by atoms with Gasteiger partial charge in [0.1, 0.15) is 0 Å². The smallest absolute Gasteiger partial charge is 0.223 e. The monoisotopic (exact) mass is 267 g/mol. The summed E-state index contributed by atoms with van der Waals surface area (Å²) >= 11 is 0. The summed E-state index contributed by atoms with van der Waals surface area (Å²) in [5.74, 6) is 0.523. The number of carbonyl (C=O) groups is 1. The number of hydrogen-bond acceptors (Lipinski definition) is 3. The molecule has 2 aliphatic heterocycles. The summed E-state index contributed by atoms with van der Waals surface area (Å²) in [6, 6.07) is 0.762. The molecule has 110 valence electrons. The average molecular weight is 267 g/mol. The summed E-state index contributed by atoms with van der Waals surface area (Å²) in [6.45, 7) is 10.9. The zero-order valence-corrected chi connectivity index (χ0v) is 12.5. The van der Waals surface area contributed by atoms with Crippen molar-refractivity contribution in [2.24, 2.45) is 5.92 Å². The van der Waals surface area contributed by atoms with Crippen molar-refractivity contribution < 1.29 is 4.79 Å². The van der Waals surface area contributed by atoms with Crippen LogP contribution >= 0.6 is 0 Å². The molecular formula is C15H29N3O. The quantitative estimate of drug-likeness (QED) is 0.834. The second-order valence-corrected chi connectivity index (χ2v) is 5.87. The molecule has 0 aromatic rings. The number of piperidine rings is 2. The zero-order chi connectivity index (χ0) is 13.7. The molecule has 0 radical (unpaired) electrons. The minimum absolute atomic E-state index is 0.256. The average Bonchev–Trinajstić information content (AvgIpc) is 2.48. The Morgan fingerprint density at radius 3 is 2.21 bits per heavy atom. The van der Waals surface area contributed by atoms with Crippen LogP contribution < -0.4 is 5.32 Å². The molecule has 19 heavy (non-hydrogen) atoms. The number of hydrogen-bond donors (Lipinski definition) is 1. The lowest BCUT2D eigenvalue weighted by Crippen LogP contribution is -2.49. The van der Waals surface area contributed by atoms with Crippen molar-refractivity contribution in [3.05, 3.63) is 0 Å². The molecule has 2 aliphatic rings. The van der Waals surface area contributed by atoms with Crippen molar-refractivity contribution in [3.63, 3.8) is 0 Å². The topological polar surface area (TPSA) is 35.6 Å². The number of nitrogens with zero attached hydrogens (tertiary/aromatic N) is 2. The van der Waals surface area contributed by atoms with Gasteiger partial charge in [-0.15, -0.1) is 0 Å². The molecule has 2 fully saturated rings. The van der Waals surface area contributed by atoms with E-state index in [1.807, 2.05) is 6.92 Å². The normalized spacial score (nSPS) is 24.5. The highest BCUT2D eigenvalue weighted by molar-refractivity contribution is 5.78. The maximum atomic E-state index is 11.8. The molecule has 0 aliphatic carbocycles. The number of likely N-dealkylation sites (tertiary alicyclic amines) is 2. The van der Waals surface area contributed by atoms with E-state index in [9.17, 15) is 4.79 Å². The van der Waals surface area contributed by atoms with Crippen molar-refractivity contribution in [2.45, 2.75) is 45.6 Å². The number of nitrogens with one attached hydrogen (secondary N) is 1. The minimum Gasteiger partial charge on any atom is -0.356 e. The van der Waals surface area contributed by atoms with E-state index in [-0.39, 0.29) is 11.8 Å². The van der Waals surface area contributed by atoms with Crippen LogP contribution in [0.2, 0.25) is 0 Å². The van der Waals surface area contributed by atoms with Crippen molar-refractivity contribution >= 4 is 5.91 Å². The predicted octanol–water partition coefficient (Wildman–Crippen LogP) is 1.32. The maximum absolute atomic E-state index is 11.8. The van der Waals surface area contributed by atoms with Gasteiger partial charge in [0.2, 0.25) is 5.91 Å². The van der Waals surface area contributed by atoms with E-state index in [1.54, 1.807) is 0 Å². The van der Waals surface area contributed by atoms with Crippen molar-refractivity contribution in [1.29, 1.82) is 0 Å². The Bertz CT molecular complexity index is 279. The van der Waals surface area contributed by atoms with Gasteiger partial charge in [0.25, 0.3) is 0 Å². The van der Waals surface area contributed by atoms with E-state index in [2.05, 4.69) is 22.0 Å². The van der Waals surface area contributed by atoms with Crippen LogP contribution in [0.15, 0.2) is 0 Å². The molecule has 1 N–H and O–H groups in total. The van der Waals surface area contributed by atoms with Crippen LogP contribution in [0.25, 0.3) is 0 Å². The van der Waals surface area contributed by atoms with E-state index in [0.717, 1.165) is 38.5 Å². The van der Waals surface area contributed by atoms with Gasteiger partial charge in [0.15, 0.2) is 0 Å². The number of amides is 1. The third-order valence-electron chi connectivity index (χ3n) is 4.77. The van der Waals surface area contributed by atoms with Crippen LogP contribution in [-0.4, -0.2) is 61.0 Å². The highest BCUT2D eigenvalue weighted by Crippen LogP contribution is 2.23. The van der Waals surface area contributed by atoms with Gasteiger partial charge in [-0.05, 0) is 65.3 Å². The second-order valence-electron chi connectivity index (χ2n) is 5.87. The summed E-state index contributed by atoms with van der Waals surface area (Å²) in [5.41, 5.74) is 0. The molecule has 2 heterocycles. The lowest BCUT2D eigenvalue weighted by atomic mass is 9.93. The summed E-state index contributed by atoms with van der Waals surface area (Å²) < 4.78 is 0. The highest BCUT2D eigenvalue weighted by Gasteiger charge is 2.30. The molecule has 2 rings (SSSR count). The third-order valence-corrected chi connectivity index (χ3v) is 4.77. The molecule has 4 nitrogen and oxygen atoms in total. The van der Waals surface area contributed by atoms with Gasteiger partial charge in [-0.25, -0.2) is 0 Å². The number of carbonyl (C=O) groups excluding carboxylic acids is 1. The van der Waals surface area contributed by atoms with Gasteiger partial charge in [-0.1, -0.05) is 6.92 Å². The first-order chi connectivity index (χ1) is 9.24. The molecule has 0 spiro atoms. The SMILES string of the molecule is CCNC(=O)C1CCN(C2CCN(CC)CC2)CC1. The standard InChI is InChI=1S/C15H29N3O/c1-3-16-15(19)13-5-11-18(12-6-13)14-7-9-17(4-2)10-8-14/h13-14H,3-12H2,1-2H3,(H,16,19). The third kappa shape index (κ3) is 3.93. The van der Waals surface area contributed by atoms with Crippen molar-refractivity contribution in [3.8, 4) is 0 Å². The fourth-order valence-electron chi connectivity index (χ4n) is 3.45. The van der Waals surface area contributed by atoms with Gasteiger partial charge in [0, 0.05) is 18.5 Å². The molecule has 0 bridgehead atoms. The first-order valence-electron chi connectivity index (χ1n) is 7.98. The largest absolute Gasteiger partial charge is 0.356 e. The molecule has 0 aromatic carbocycles.